The average Bonchev–Trinajstić information content (AvgIpc) is 0.932. The molecule has 1 aliphatic rings. The van der Waals surface area contributed by atoms with Crippen LogP contribution in [0, 0.1) is 26.2 Å². The van der Waals surface area contributed by atoms with Crippen molar-refractivity contribution in [1.82, 2.24) is 4.98 Å². The lowest BCUT2D eigenvalue weighted by Crippen LogP contribution is -2.20. The van der Waals surface area contributed by atoms with Crippen molar-refractivity contribution in [3.63, 3.8) is 0 Å². The molecule has 0 fully saturated rings. The van der Waals surface area contributed by atoms with Crippen molar-refractivity contribution < 1.29 is 0 Å². The van der Waals surface area contributed by atoms with Crippen LogP contribution in [0.25, 0.3) is 65.3 Å². The Morgan fingerprint density at radius 2 is 0.571 bits per heavy atom. The molecule has 0 saturated heterocycles. The molecule has 438 valence electrons. The van der Waals surface area contributed by atoms with E-state index in [1.807, 2.05) is 12.4 Å². The van der Waals surface area contributed by atoms with Gasteiger partial charge in [0.05, 0.1) is 0 Å². The van der Waals surface area contributed by atoms with Crippen LogP contribution in [0.4, 0.5) is 62.6 Å². The summed E-state index contributed by atoms with van der Waals surface area (Å²) in [6, 6.07) is 105. The van der Waals surface area contributed by atoms with Gasteiger partial charge >= 0.3 is 0 Å². The largest absolute Gasteiger partial charge is 0.311 e. The number of hydrogen-bond acceptors (Lipinski definition) is 5. The SMILES string of the molecule is Cc1ccc(N(C2=CCC(C)(C)C=C2)c2cc(-c3cncc(-c4cc(N(c5ccc6ccccc6c5)c5ccc6ccccc6c5)cc(N(c5ccc6ccccc6c5)c5ccc6ccccc6c5)c4)c3)cc(N(c3ccc(C)cc3)c3ccc(C)cc3)c2)cc1. The van der Waals surface area contributed by atoms with Gasteiger partial charge in [-0.2, -0.15) is 0 Å². The normalized spacial score (nSPS) is 12.7. The summed E-state index contributed by atoms with van der Waals surface area (Å²) in [6.07, 6.45) is 12.0. The number of pyridine rings is 1. The van der Waals surface area contributed by atoms with Gasteiger partial charge < -0.3 is 19.6 Å². The van der Waals surface area contributed by atoms with Crippen molar-refractivity contribution in [1.29, 1.82) is 0 Å². The van der Waals surface area contributed by atoms with Crippen LogP contribution in [-0.4, -0.2) is 4.98 Å². The van der Waals surface area contributed by atoms with Gasteiger partial charge in [0.25, 0.3) is 0 Å². The van der Waals surface area contributed by atoms with Crippen LogP contribution in [0.1, 0.15) is 37.0 Å². The molecule has 0 unspecified atom stereocenters. The number of aromatic nitrogens is 1. The maximum absolute atomic E-state index is 5.24. The number of allylic oxidation sites excluding steroid dienone is 3. The summed E-state index contributed by atoms with van der Waals surface area (Å²) in [5.74, 6) is 0. The monoisotopic (exact) mass is 1170 g/mol. The van der Waals surface area contributed by atoms with Crippen molar-refractivity contribution in [3.05, 3.63) is 338 Å². The lowest BCUT2D eigenvalue weighted by molar-refractivity contribution is 0.481. The Labute approximate surface area is 534 Å². The van der Waals surface area contributed by atoms with Crippen LogP contribution < -0.4 is 19.6 Å². The molecular weight excluding hydrogens is 1100 g/mol. The average molecular weight is 1170 g/mol. The minimum absolute atomic E-state index is 0.0381. The van der Waals surface area contributed by atoms with E-state index in [0.717, 1.165) is 96.9 Å². The molecule has 14 aromatic rings. The summed E-state index contributed by atoms with van der Waals surface area (Å²) in [5, 5.41) is 9.41. The molecule has 0 saturated carbocycles. The lowest BCUT2D eigenvalue weighted by Gasteiger charge is -2.33. The second-order valence-electron chi connectivity index (χ2n) is 25.1. The molecule has 1 aromatic heterocycles. The van der Waals surface area contributed by atoms with Gasteiger partial charge in [-0.25, -0.2) is 0 Å². The van der Waals surface area contributed by atoms with Crippen LogP contribution in [-0.2, 0) is 0 Å². The first kappa shape index (κ1) is 56.3. The van der Waals surface area contributed by atoms with Crippen molar-refractivity contribution in [2.75, 3.05) is 19.6 Å². The fraction of sp³-hybridized carbons (Fsp3) is 0.0814. The van der Waals surface area contributed by atoms with E-state index in [0.29, 0.717) is 0 Å². The Hall–Kier alpha value is -11.3. The molecule has 15 rings (SSSR count). The third kappa shape index (κ3) is 11.5. The second kappa shape index (κ2) is 23.7. The van der Waals surface area contributed by atoms with E-state index >= 15 is 0 Å². The molecule has 5 nitrogen and oxygen atoms in total. The van der Waals surface area contributed by atoms with E-state index in [4.69, 9.17) is 4.98 Å². The fourth-order valence-electron chi connectivity index (χ4n) is 12.9. The molecule has 0 atom stereocenters. The minimum Gasteiger partial charge on any atom is -0.311 e. The van der Waals surface area contributed by atoms with Gasteiger partial charge in [0.2, 0.25) is 0 Å². The zero-order chi connectivity index (χ0) is 61.6. The Bertz CT molecular complexity index is 4730. The lowest BCUT2D eigenvalue weighted by atomic mass is 9.85. The number of aryl methyl sites for hydroxylation is 3. The highest BCUT2D eigenvalue weighted by atomic mass is 15.2. The van der Waals surface area contributed by atoms with E-state index in [9.17, 15) is 0 Å². The summed E-state index contributed by atoms with van der Waals surface area (Å²) in [4.78, 5) is 14.9. The second-order valence-corrected chi connectivity index (χ2v) is 25.1. The number of fused-ring (bicyclic) bond motifs is 4. The number of benzene rings is 13. The molecule has 0 spiro atoms. The highest BCUT2D eigenvalue weighted by Crippen LogP contribution is 2.48. The molecule has 5 heteroatoms. The first-order valence-electron chi connectivity index (χ1n) is 31.5. The third-order valence-corrected chi connectivity index (χ3v) is 17.9. The number of rotatable bonds is 14. The first-order chi connectivity index (χ1) is 44.5. The molecule has 13 aromatic carbocycles. The Balaban J connectivity index is 0.978. The Morgan fingerprint density at radius 1 is 0.275 bits per heavy atom. The maximum Gasteiger partial charge on any atom is 0.0488 e. The van der Waals surface area contributed by atoms with E-state index in [1.54, 1.807) is 0 Å². The molecule has 1 heterocycles. The van der Waals surface area contributed by atoms with Gasteiger partial charge in [-0.15, -0.1) is 0 Å². The summed E-state index contributed by atoms with van der Waals surface area (Å²) >= 11 is 0. The number of hydrogen-bond donors (Lipinski definition) is 0. The molecule has 1 aliphatic carbocycles. The highest BCUT2D eigenvalue weighted by Gasteiger charge is 2.26. The summed E-state index contributed by atoms with van der Waals surface area (Å²) < 4.78 is 0. The van der Waals surface area contributed by atoms with Gasteiger partial charge in [0, 0.05) is 91.8 Å². The summed E-state index contributed by atoms with van der Waals surface area (Å²) in [6.45, 7) is 11.1. The van der Waals surface area contributed by atoms with E-state index < -0.39 is 0 Å². The van der Waals surface area contributed by atoms with Gasteiger partial charge in [-0.05, 0) is 220 Å². The van der Waals surface area contributed by atoms with Crippen LogP contribution >= 0.6 is 0 Å². The Kier molecular flexibility index (Phi) is 14.6. The standard InChI is InChI=1S/C86H69N5/c1-59-22-32-74(33-23-59)88(75-34-24-60(2)25-35-75)82-51-70(52-83(55-82)89(76-36-26-61(3)27-37-76)77-42-44-86(4,5)45-43-77)72-46-73(58-87-57-72)71-53-84(90(78-38-28-62-14-6-10-18-66(62)47-78)79-39-29-63-15-7-11-19-67(63)48-79)56-85(54-71)91(80-40-30-64-16-8-12-20-68(64)49-80)81-41-31-65-17-9-13-21-69(65)50-81/h6-44,46-58H,45H2,1-5H3. The smallest absolute Gasteiger partial charge is 0.0488 e. The maximum atomic E-state index is 5.24. The number of nitrogens with zero attached hydrogens (tertiary/aromatic N) is 5. The molecule has 0 N–H and O–H groups in total. The van der Waals surface area contributed by atoms with E-state index in [-0.39, 0.29) is 5.41 Å². The minimum atomic E-state index is 0.0381. The van der Waals surface area contributed by atoms with Crippen LogP contribution in [0.2, 0.25) is 0 Å². The molecule has 0 amide bonds. The van der Waals surface area contributed by atoms with Crippen molar-refractivity contribution in [2.45, 2.75) is 41.0 Å². The van der Waals surface area contributed by atoms with Gasteiger partial charge in [-0.1, -0.05) is 200 Å². The molecule has 91 heavy (non-hydrogen) atoms. The van der Waals surface area contributed by atoms with Gasteiger partial charge in [0.15, 0.2) is 0 Å². The highest BCUT2D eigenvalue weighted by molar-refractivity contribution is 5.98. The predicted octanol–water partition coefficient (Wildman–Crippen LogP) is 24.4. The van der Waals surface area contributed by atoms with E-state index in [2.05, 4.69) is 358 Å². The summed E-state index contributed by atoms with van der Waals surface area (Å²) in [7, 11) is 0. The van der Waals surface area contributed by atoms with E-state index in [1.165, 1.54) is 59.8 Å². The quantitative estimate of drug-likeness (QED) is 0.108. The third-order valence-electron chi connectivity index (χ3n) is 17.9. The predicted molar refractivity (Wildman–Crippen MR) is 388 cm³/mol. The van der Waals surface area contributed by atoms with Gasteiger partial charge in [0.1, 0.15) is 0 Å². The zero-order valence-corrected chi connectivity index (χ0v) is 52.0. The Morgan fingerprint density at radius 3 is 0.901 bits per heavy atom. The molecule has 0 aliphatic heterocycles. The molecular formula is C86H69N5. The van der Waals surface area contributed by atoms with Crippen LogP contribution in [0.15, 0.2) is 321 Å². The summed E-state index contributed by atoms with van der Waals surface area (Å²) in [5.41, 5.74) is 20.3. The van der Waals surface area contributed by atoms with Crippen molar-refractivity contribution in [2.24, 2.45) is 5.41 Å². The van der Waals surface area contributed by atoms with Crippen LogP contribution in [0.3, 0.4) is 0 Å². The first-order valence-corrected chi connectivity index (χ1v) is 31.5. The topological polar surface area (TPSA) is 25.9 Å². The molecule has 0 bridgehead atoms. The fourth-order valence-corrected chi connectivity index (χ4v) is 12.9. The molecule has 0 radical (unpaired) electrons. The zero-order valence-electron chi connectivity index (χ0n) is 52.0. The van der Waals surface area contributed by atoms with Gasteiger partial charge in [-0.3, -0.25) is 4.98 Å². The van der Waals surface area contributed by atoms with Crippen LogP contribution in [0.5, 0.6) is 0 Å². The van der Waals surface area contributed by atoms with Crippen molar-refractivity contribution >= 4 is 106 Å². The number of anilines is 11. The van der Waals surface area contributed by atoms with Crippen molar-refractivity contribution in [3.8, 4) is 22.3 Å².